The molecule has 0 bridgehead atoms. The van der Waals surface area contributed by atoms with Gasteiger partial charge in [-0.3, -0.25) is 0 Å². The number of anilines is 3. The molecule has 258 valence electrons. The quantitative estimate of drug-likeness (QED) is 0.169. The van der Waals surface area contributed by atoms with Crippen molar-refractivity contribution in [2.75, 3.05) is 4.90 Å². The summed E-state index contributed by atoms with van der Waals surface area (Å²) in [5.41, 5.74) is 17.3. The Balaban J connectivity index is 1.20. The van der Waals surface area contributed by atoms with E-state index in [1.165, 1.54) is 66.8 Å². The molecule has 53 heavy (non-hydrogen) atoms. The van der Waals surface area contributed by atoms with Crippen molar-refractivity contribution in [3.05, 3.63) is 193 Å². The van der Waals surface area contributed by atoms with Gasteiger partial charge in [-0.2, -0.15) is 0 Å². The summed E-state index contributed by atoms with van der Waals surface area (Å²) in [7, 11) is 0. The van der Waals surface area contributed by atoms with Crippen LogP contribution in [0.25, 0.3) is 50.0 Å². The molecule has 7 aromatic carbocycles. The second kappa shape index (κ2) is 12.5. The van der Waals surface area contributed by atoms with Crippen LogP contribution < -0.4 is 4.90 Å². The van der Waals surface area contributed by atoms with Crippen molar-refractivity contribution < 1.29 is 0 Å². The molecular formula is C51H44N2. The second-order valence-corrected chi connectivity index (χ2v) is 15.9. The Labute approximate surface area is 313 Å². The molecule has 9 rings (SSSR count). The highest BCUT2D eigenvalue weighted by molar-refractivity contribution is 6.00. The Morgan fingerprint density at radius 1 is 0.472 bits per heavy atom. The number of nitrogens with zero attached hydrogens (tertiary/aromatic N) is 2. The van der Waals surface area contributed by atoms with Crippen molar-refractivity contribution in [2.45, 2.75) is 45.4 Å². The first-order valence-electron chi connectivity index (χ1n) is 18.7. The number of aromatic nitrogens is 1. The van der Waals surface area contributed by atoms with Gasteiger partial charge in [0.1, 0.15) is 0 Å². The summed E-state index contributed by atoms with van der Waals surface area (Å²) in [6.07, 6.45) is 0. The largest absolute Gasteiger partial charge is 0.312 e. The van der Waals surface area contributed by atoms with Crippen LogP contribution in [-0.2, 0) is 10.8 Å². The maximum Gasteiger partial charge on any atom is 0.0538 e. The minimum absolute atomic E-state index is 0.0923. The fourth-order valence-corrected chi connectivity index (χ4v) is 8.58. The van der Waals surface area contributed by atoms with Gasteiger partial charge in [0.15, 0.2) is 0 Å². The molecule has 1 aliphatic carbocycles. The van der Waals surface area contributed by atoms with Crippen LogP contribution in [0.15, 0.2) is 176 Å². The zero-order valence-electron chi connectivity index (χ0n) is 31.1. The Hall–Kier alpha value is -6.12. The fourth-order valence-electron chi connectivity index (χ4n) is 8.58. The van der Waals surface area contributed by atoms with Crippen LogP contribution in [0.1, 0.15) is 51.4 Å². The van der Waals surface area contributed by atoms with Gasteiger partial charge in [0.05, 0.1) is 5.52 Å². The highest BCUT2D eigenvalue weighted by Gasteiger charge is 2.36. The molecule has 0 saturated heterocycles. The molecule has 0 N–H and O–H groups in total. The molecule has 0 saturated carbocycles. The van der Waals surface area contributed by atoms with Gasteiger partial charge in [-0.1, -0.05) is 156 Å². The van der Waals surface area contributed by atoms with Crippen molar-refractivity contribution in [3.8, 4) is 39.1 Å². The van der Waals surface area contributed by atoms with Crippen LogP contribution >= 0.6 is 0 Å². The van der Waals surface area contributed by atoms with Crippen LogP contribution in [0.3, 0.4) is 0 Å². The van der Waals surface area contributed by atoms with E-state index in [0.29, 0.717) is 0 Å². The molecule has 0 amide bonds. The van der Waals surface area contributed by atoms with Crippen molar-refractivity contribution in [3.63, 3.8) is 0 Å². The highest BCUT2D eigenvalue weighted by Crippen LogP contribution is 2.51. The molecule has 0 unspecified atom stereocenters. The third-order valence-corrected chi connectivity index (χ3v) is 11.1. The maximum absolute atomic E-state index is 2.46. The van der Waals surface area contributed by atoms with E-state index in [-0.39, 0.29) is 10.8 Å². The van der Waals surface area contributed by atoms with Gasteiger partial charge < -0.3 is 9.47 Å². The number of fused-ring (bicyclic) bond motifs is 4. The van der Waals surface area contributed by atoms with Crippen molar-refractivity contribution in [2.24, 2.45) is 0 Å². The monoisotopic (exact) mass is 684 g/mol. The summed E-state index contributed by atoms with van der Waals surface area (Å²) < 4.78 is 2.46. The van der Waals surface area contributed by atoms with Crippen molar-refractivity contribution in [1.82, 2.24) is 4.57 Å². The zero-order chi connectivity index (χ0) is 36.3. The summed E-state index contributed by atoms with van der Waals surface area (Å²) in [6.45, 7) is 11.7. The summed E-state index contributed by atoms with van der Waals surface area (Å²) in [6, 6.07) is 64.4. The minimum Gasteiger partial charge on any atom is -0.312 e. The number of para-hydroxylation sites is 2. The maximum atomic E-state index is 2.46. The first-order chi connectivity index (χ1) is 25.7. The first-order valence-corrected chi connectivity index (χ1v) is 18.7. The van der Waals surface area contributed by atoms with Crippen LogP contribution in [0, 0.1) is 0 Å². The summed E-state index contributed by atoms with van der Waals surface area (Å²) in [5, 5.41) is 1.27. The van der Waals surface area contributed by atoms with Crippen LogP contribution in [0.5, 0.6) is 0 Å². The molecule has 8 aromatic rings. The molecule has 2 heteroatoms. The van der Waals surface area contributed by atoms with Crippen molar-refractivity contribution in [1.29, 1.82) is 0 Å². The van der Waals surface area contributed by atoms with E-state index in [9.17, 15) is 0 Å². The molecule has 2 nitrogen and oxygen atoms in total. The molecule has 0 aliphatic heterocycles. The van der Waals surface area contributed by atoms with Gasteiger partial charge in [-0.05, 0) is 93.5 Å². The lowest BCUT2D eigenvalue weighted by Gasteiger charge is -2.28. The fraction of sp³-hybridized carbons (Fsp3) is 0.137. The Bertz CT molecular complexity index is 2580. The number of benzene rings is 7. The van der Waals surface area contributed by atoms with Crippen LogP contribution in [0.4, 0.5) is 17.1 Å². The molecule has 1 heterocycles. The smallest absolute Gasteiger partial charge is 0.0538 e. The lowest BCUT2D eigenvalue weighted by Crippen LogP contribution is -2.18. The normalized spacial score (nSPS) is 13.2. The average molecular weight is 685 g/mol. The average Bonchev–Trinajstić information content (AvgIpc) is 3.66. The third kappa shape index (κ3) is 5.49. The molecule has 0 atom stereocenters. The van der Waals surface area contributed by atoms with Gasteiger partial charge >= 0.3 is 0 Å². The summed E-state index contributed by atoms with van der Waals surface area (Å²) in [4.78, 5) is 2.41. The topological polar surface area (TPSA) is 8.17 Å². The molecule has 1 aromatic heterocycles. The van der Waals surface area contributed by atoms with Gasteiger partial charge in [-0.15, -0.1) is 0 Å². The SMILES string of the molecule is CC(C)(C)c1c(-c2ccc(N(c3ccc(-c4ccccc4)cc3)c3ccc4c(c3)C(C)(C)c3ccccc3-4)cc2)c2ccccc2n1-c1ccccc1. The van der Waals surface area contributed by atoms with Crippen LogP contribution in [-0.4, -0.2) is 4.57 Å². The van der Waals surface area contributed by atoms with Gasteiger partial charge in [-0.25, -0.2) is 0 Å². The Kier molecular flexibility index (Phi) is 7.75. The second-order valence-electron chi connectivity index (χ2n) is 15.9. The summed E-state index contributed by atoms with van der Waals surface area (Å²) >= 11 is 0. The molecule has 1 aliphatic rings. The van der Waals surface area contributed by atoms with E-state index in [2.05, 4.69) is 220 Å². The predicted octanol–water partition coefficient (Wildman–Crippen LogP) is 14.0. The van der Waals surface area contributed by atoms with E-state index >= 15 is 0 Å². The third-order valence-electron chi connectivity index (χ3n) is 11.1. The van der Waals surface area contributed by atoms with Crippen molar-refractivity contribution >= 4 is 28.0 Å². The standard InChI is InChI=1S/C51H44N2/c1-50(2,3)49-48(44-21-13-15-23-47(44)53(49)38-18-10-7-11-19-38)37-26-30-40(31-27-37)52(39-28-24-36(25-29-39)35-16-8-6-9-17-35)41-32-33-43-42-20-12-14-22-45(42)51(4,5)46(43)34-41/h6-34H,1-5H3. The zero-order valence-corrected chi connectivity index (χ0v) is 31.1. The van der Waals surface area contributed by atoms with E-state index in [1.54, 1.807) is 0 Å². The first kappa shape index (κ1) is 32.8. The molecule has 0 fully saturated rings. The number of hydrogen-bond donors (Lipinski definition) is 0. The van der Waals surface area contributed by atoms with E-state index < -0.39 is 0 Å². The van der Waals surface area contributed by atoms with E-state index in [1.807, 2.05) is 0 Å². The number of hydrogen-bond acceptors (Lipinski definition) is 1. The Morgan fingerprint density at radius 3 is 1.68 bits per heavy atom. The van der Waals surface area contributed by atoms with E-state index in [4.69, 9.17) is 0 Å². The number of rotatable bonds is 6. The predicted molar refractivity (Wildman–Crippen MR) is 225 cm³/mol. The molecular weight excluding hydrogens is 641 g/mol. The Morgan fingerprint density at radius 2 is 1.00 bits per heavy atom. The van der Waals surface area contributed by atoms with Gasteiger partial charge in [0, 0.05) is 50.2 Å². The summed E-state index contributed by atoms with van der Waals surface area (Å²) in [5.74, 6) is 0. The minimum atomic E-state index is -0.107. The van der Waals surface area contributed by atoms with Gasteiger partial charge in [0.2, 0.25) is 0 Å². The van der Waals surface area contributed by atoms with Gasteiger partial charge in [0.25, 0.3) is 0 Å². The lowest BCUT2D eigenvalue weighted by molar-refractivity contribution is 0.561. The lowest BCUT2D eigenvalue weighted by atomic mass is 9.82. The molecule has 0 radical (unpaired) electrons. The van der Waals surface area contributed by atoms with Crippen LogP contribution in [0.2, 0.25) is 0 Å². The highest BCUT2D eigenvalue weighted by atomic mass is 15.1. The molecule has 0 spiro atoms. The van der Waals surface area contributed by atoms with E-state index in [0.717, 1.165) is 17.1 Å².